The molecule has 2 atom stereocenters. The van der Waals surface area contributed by atoms with E-state index in [2.05, 4.69) is 29.8 Å². The van der Waals surface area contributed by atoms with Gasteiger partial charge in [-0.2, -0.15) is 0 Å². The summed E-state index contributed by atoms with van der Waals surface area (Å²) in [5.41, 5.74) is 1.18. The third-order valence-electron chi connectivity index (χ3n) is 2.97. The van der Waals surface area contributed by atoms with E-state index in [1.54, 1.807) is 6.20 Å². The normalized spacial score (nSPS) is 15.1. The first-order valence-electron chi connectivity index (χ1n) is 5.89. The monoisotopic (exact) mass is 222 g/mol. The van der Waals surface area contributed by atoms with Crippen molar-refractivity contribution in [3.8, 4) is 0 Å². The molecule has 0 spiro atoms. The van der Waals surface area contributed by atoms with E-state index in [-0.39, 0.29) is 6.10 Å². The summed E-state index contributed by atoms with van der Waals surface area (Å²) in [6.45, 7) is 5.74. The Bertz CT molecular complexity index is 289. The first-order valence-corrected chi connectivity index (χ1v) is 5.89. The molecule has 16 heavy (non-hydrogen) atoms. The molecule has 1 aromatic heterocycles. The summed E-state index contributed by atoms with van der Waals surface area (Å²) >= 11 is 0. The molecule has 1 aromatic rings. The van der Waals surface area contributed by atoms with Gasteiger partial charge >= 0.3 is 0 Å². The van der Waals surface area contributed by atoms with Crippen molar-refractivity contribution in [2.24, 2.45) is 5.92 Å². The van der Waals surface area contributed by atoms with Crippen molar-refractivity contribution < 1.29 is 5.11 Å². The molecule has 0 aliphatic heterocycles. The first-order chi connectivity index (χ1) is 7.63. The molecule has 2 unspecified atom stereocenters. The third kappa shape index (κ3) is 4.29. The highest BCUT2D eigenvalue weighted by atomic mass is 16.3. The largest absolute Gasteiger partial charge is 0.392 e. The molecule has 3 nitrogen and oxygen atoms in total. The Morgan fingerprint density at radius 2 is 2.25 bits per heavy atom. The van der Waals surface area contributed by atoms with Crippen molar-refractivity contribution in [2.75, 3.05) is 13.6 Å². The van der Waals surface area contributed by atoms with Crippen LogP contribution in [0.5, 0.6) is 0 Å². The molecule has 3 heteroatoms. The predicted molar refractivity (Wildman–Crippen MR) is 66.0 cm³/mol. The summed E-state index contributed by atoms with van der Waals surface area (Å²) in [6, 6.07) is 3.99. The average Bonchev–Trinajstić information content (AvgIpc) is 2.29. The van der Waals surface area contributed by atoms with Gasteiger partial charge in [-0.25, -0.2) is 0 Å². The van der Waals surface area contributed by atoms with Crippen LogP contribution in [0.15, 0.2) is 24.5 Å². The van der Waals surface area contributed by atoms with Gasteiger partial charge in [-0.15, -0.1) is 0 Å². The lowest BCUT2D eigenvalue weighted by Crippen LogP contribution is -2.32. The van der Waals surface area contributed by atoms with Gasteiger partial charge in [0.05, 0.1) is 6.10 Å². The van der Waals surface area contributed by atoms with Crippen LogP contribution in [-0.2, 0) is 6.54 Å². The molecule has 0 aliphatic carbocycles. The highest BCUT2D eigenvalue weighted by Crippen LogP contribution is 2.09. The van der Waals surface area contributed by atoms with Gasteiger partial charge < -0.3 is 5.11 Å². The van der Waals surface area contributed by atoms with E-state index in [4.69, 9.17) is 0 Å². The van der Waals surface area contributed by atoms with E-state index in [0.717, 1.165) is 13.0 Å². The molecule has 1 heterocycles. The lowest BCUT2D eigenvalue weighted by atomic mass is 10.0. The number of rotatable bonds is 6. The summed E-state index contributed by atoms with van der Waals surface area (Å²) in [4.78, 5) is 6.21. The van der Waals surface area contributed by atoms with Gasteiger partial charge in [0.2, 0.25) is 0 Å². The number of likely N-dealkylation sites (N-methyl/N-ethyl adjacent to an activating group) is 1. The maximum absolute atomic E-state index is 9.91. The van der Waals surface area contributed by atoms with Gasteiger partial charge in [0.25, 0.3) is 0 Å². The number of aliphatic hydroxyl groups excluding tert-OH is 1. The van der Waals surface area contributed by atoms with E-state index in [1.807, 2.05) is 19.3 Å². The first kappa shape index (κ1) is 13.1. The minimum atomic E-state index is -0.244. The van der Waals surface area contributed by atoms with E-state index in [9.17, 15) is 5.11 Å². The van der Waals surface area contributed by atoms with Gasteiger partial charge in [-0.3, -0.25) is 9.88 Å². The zero-order chi connectivity index (χ0) is 12.0. The number of aliphatic hydroxyl groups is 1. The van der Waals surface area contributed by atoms with Crippen LogP contribution in [0.4, 0.5) is 0 Å². The Balaban J connectivity index is 2.39. The quantitative estimate of drug-likeness (QED) is 0.799. The van der Waals surface area contributed by atoms with Crippen molar-refractivity contribution in [1.29, 1.82) is 0 Å². The Kier molecular flexibility index (Phi) is 5.43. The molecular formula is C13H22N2O. The molecule has 0 bridgehead atoms. The van der Waals surface area contributed by atoms with Crippen LogP contribution in [-0.4, -0.2) is 34.7 Å². The van der Waals surface area contributed by atoms with Gasteiger partial charge in [0.1, 0.15) is 0 Å². The number of aromatic nitrogens is 1. The molecule has 0 saturated carbocycles. The smallest absolute Gasteiger partial charge is 0.0692 e. The third-order valence-corrected chi connectivity index (χ3v) is 2.97. The van der Waals surface area contributed by atoms with Crippen molar-refractivity contribution in [2.45, 2.75) is 32.9 Å². The van der Waals surface area contributed by atoms with E-state index in [1.165, 1.54) is 5.56 Å². The minimum Gasteiger partial charge on any atom is -0.392 e. The highest BCUT2D eigenvalue weighted by molar-refractivity contribution is 5.07. The standard InChI is InChI=1S/C13H22N2O/c1-4-11(2)13(16)10-15(3)9-12-6-5-7-14-8-12/h5-8,11,13,16H,4,9-10H2,1-3H3. The fourth-order valence-electron chi connectivity index (χ4n) is 1.64. The number of hydrogen-bond donors (Lipinski definition) is 1. The van der Waals surface area contributed by atoms with Crippen molar-refractivity contribution in [1.82, 2.24) is 9.88 Å². The second-order valence-electron chi connectivity index (χ2n) is 4.51. The highest BCUT2D eigenvalue weighted by Gasteiger charge is 2.14. The lowest BCUT2D eigenvalue weighted by Gasteiger charge is -2.24. The summed E-state index contributed by atoms with van der Waals surface area (Å²) in [6.07, 6.45) is 4.41. The van der Waals surface area contributed by atoms with Crippen LogP contribution in [0, 0.1) is 5.92 Å². The number of nitrogens with zero attached hydrogens (tertiary/aromatic N) is 2. The van der Waals surface area contributed by atoms with Crippen LogP contribution >= 0.6 is 0 Å². The second kappa shape index (κ2) is 6.61. The molecule has 0 aromatic carbocycles. The summed E-state index contributed by atoms with van der Waals surface area (Å²) in [5, 5.41) is 9.91. The van der Waals surface area contributed by atoms with Crippen LogP contribution < -0.4 is 0 Å². The van der Waals surface area contributed by atoms with Gasteiger partial charge in [0, 0.05) is 25.5 Å². The zero-order valence-corrected chi connectivity index (χ0v) is 10.4. The van der Waals surface area contributed by atoms with Gasteiger partial charge in [-0.05, 0) is 24.6 Å². The molecule has 0 radical (unpaired) electrons. The number of hydrogen-bond acceptors (Lipinski definition) is 3. The summed E-state index contributed by atoms with van der Waals surface area (Å²) < 4.78 is 0. The van der Waals surface area contributed by atoms with E-state index in [0.29, 0.717) is 12.5 Å². The Morgan fingerprint density at radius 3 is 2.81 bits per heavy atom. The zero-order valence-electron chi connectivity index (χ0n) is 10.4. The van der Waals surface area contributed by atoms with Crippen LogP contribution in [0.25, 0.3) is 0 Å². The molecule has 0 amide bonds. The van der Waals surface area contributed by atoms with Gasteiger partial charge in [0.15, 0.2) is 0 Å². The molecule has 90 valence electrons. The fourth-order valence-corrected chi connectivity index (χ4v) is 1.64. The van der Waals surface area contributed by atoms with E-state index >= 15 is 0 Å². The molecule has 1 rings (SSSR count). The second-order valence-corrected chi connectivity index (χ2v) is 4.51. The molecule has 1 N–H and O–H groups in total. The lowest BCUT2D eigenvalue weighted by molar-refractivity contribution is 0.0754. The molecule has 0 fully saturated rings. The van der Waals surface area contributed by atoms with Crippen LogP contribution in [0.1, 0.15) is 25.8 Å². The Labute approximate surface area is 98.1 Å². The molecular weight excluding hydrogens is 200 g/mol. The summed E-state index contributed by atoms with van der Waals surface area (Å²) in [7, 11) is 2.03. The average molecular weight is 222 g/mol. The van der Waals surface area contributed by atoms with E-state index < -0.39 is 0 Å². The number of pyridine rings is 1. The Morgan fingerprint density at radius 1 is 1.50 bits per heavy atom. The Hall–Kier alpha value is -0.930. The van der Waals surface area contributed by atoms with Crippen LogP contribution in [0.3, 0.4) is 0 Å². The maximum Gasteiger partial charge on any atom is 0.0692 e. The SMILES string of the molecule is CCC(C)C(O)CN(C)Cc1cccnc1. The van der Waals surface area contributed by atoms with Gasteiger partial charge in [-0.1, -0.05) is 26.3 Å². The van der Waals surface area contributed by atoms with Crippen molar-refractivity contribution in [3.63, 3.8) is 0 Å². The maximum atomic E-state index is 9.91. The van der Waals surface area contributed by atoms with Crippen molar-refractivity contribution >= 4 is 0 Å². The fraction of sp³-hybridized carbons (Fsp3) is 0.615. The predicted octanol–water partition coefficient (Wildman–Crippen LogP) is 1.92. The summed E-state index contributed by atoms with van der Waals surface area (Å²) in [5.74, 6) is 0.358. The molecule has 0 aliphatic rings. The van der Waals surface area contributed by atoms with Crippen LogP contribution in [0.2, 0.25) is 0 Å². The van der Waals surface area contributed by atoms with Crippen molar-refractivity contribution in [3.05, 3.63) is 30.1 Å². The molecule has 0 saturated heterocycles. The topological polar surface area (TPSA) is 36.4 Å². The minimum absolute atomic E-state index is 0.244.